The quantitative estimate of drug-likeness (QED) is 0.831. The van der Waals surface area contributed by atoms with Gasteiger partial charge in [0.1, 0.15) is 11.6 Å². The van der Waals surface area contributed by atoms with E-state index in [2.05, 4.69) is 5.32 Å². The molecule has 1 aliphatic heterocycles. The zero-order chi connectivity index (χ0) is 17.8. The SMILES string of the molecule is CC(C)(C)OC(=O)N1CCC[C@H]1C(=O)NC12CC3CC(CC(C3)C1)C2. The van der Waals surface area contributed by atoms with Gasteiger partial charge < -0.3 is 10.1 Å². The van der Waals surface area contributed by atoms with E-state index in [4.69, 9.17) is 4.74 Å². The van der Waals surface area contributed by atoms with Crippen LogP contribution in [0.25, 0.3) is 0 Å². The fourth-order valence-corrected chi connectivity index (χ4v) is 6.19. The molecule has 0 aromatic rings. The second-order valence-corrected chi connectivity index (χ2v) is 10.0. The van der Waals surface area contributed by atoms with Crippen LogP contribution in [0.15, 0.2) is 0 Å². The van der Waals surface area contributed by atoms with Crippen LogP contribution in [0.5, 0.6) is 0 Å². The zero-order valence-corrected chi connectivity index (χ0v) is 15.8. The summed E-state index contributed by atoms with van der Waals surface area (Å²) in [6.07, 6.45) is 8.79. The molecule has 0 aromatic heterocycles. The van der Waals surface area contributed by atoms with Crippen LogP contribution in [0.4, 0.5) is 4.79 Å². The molecule has 1 N–H and O–H groups in total. The predicted octanol–water partition coefficient (Wildman–Crippen LogP) is 3.47. The molecule has 0 spiro atoms. The summed E-state index contributed by atoms with van der Waals surface area (Å²) in [5.74, 6) is 2.46. The topological polar surface area (TPSA) is 58.6 Å². The Balaban J connectivity index is 1.43. The van der Waals surface area contributed by atoms with Gasteiger partial charge in [-0.15, -0.1) is 0 Å². The van der Waals surface area contributed by atoms with Gasteiger partial charge in [-0.25, -0.2) is 4.79 Å². The summed E-state index contributed by atoms with van der Waals surface area (Å²) in [5, 5.41) is 3.43. The molecule has 0 unspecified atom stereocenters. The summed E-state index contributed by atoms with van der Waals surface area (Å²) in [4.78, 5) is 27.2. The van der Waals surface area contributed by atoms with E-state index < -0.39 is 5.60 Å². The van der Waals surface area contributed by atoms with E-state index in [0.717, 1.165) is 49.9 Å². The van der Waals surface area contributed by atoms with Crippen molar-refractivity contribution in [2.24, 2.45) is 17.8 Å². The predicted molar refractivity (Wildman–Crippen MR) is 95.0 cm³/mol. The molecule has 25 heavy (non-hydrogen) atoms. The lowest BCUT2D eigenvalue weighted by molar-refractivity contribution is -0.131. The number of hydrogen-bond donors (Lipinski definition) is 1. The molecule has 5 rings (SSSR count). The number of nitrogens with zero attached hydrogens (tertiary/aromatic N) is 1. The highest BCUT2D eigenvalue weighted by atomic mass is 16.6. The van der Waals surface area contributed by atoms with Crippen molar-refractivity contribution in [1.29, 1.82) is 0 Å². The third-order valence-electron chi connectivity index (χ3n) is 6.61. The lowest BCUT2D eigenvalue weighted by Crippen LogP contribution is -2.62. The van der Waals surface area contributed by atoms with Crippen molar-refractivity contribution in [2.75, 3.05) is 6.54 Å². The number of likely N-dealkylation sites (tertiary alicyclic amines) is 1. The molecule has 5 fully saturated rings. The molecule has 4 saturated carbocycles. The summed E-state index contributed by atoms with van der Waals surface area (Å²) in [5.41, 5.74) is -0.519. The Morgan fingerprint density at radius 2 is 1.60 bits per heavy atom. The molecule has 140 valence electrons. The number of ether oxygens (including phenoxy) is 1. The third-order valence-corrected chi connectivity index (χ3v) is 6.61. The standard InChI is InChI=1S/C20H32N2O3/c1-19(2,3)25-18(24)22-6-4-5-16(22)17(23)21-20-10-13-7-14(11-20)9-15(8-13)12-20/h13-16H,4-12H2,1-3H3,(H,21,23)/t13?,14?,15?,16-,20?/m0/s1. The molecule has 4 bridgehead atoms. The highest BCUT2D eigenvalue weighted by molar-refractivity contribution is 5.86. The molecule has 5 nitrogen and oxygen atoms in total. The van der Waals surface area contributed by atoms with Crippen molar-refractivity contribution >= 4 is 12.0 Å². The molecule has 5 aliphatic rings. The first kappa shape index (κ1) is 17.2. The minimum absolute atomic E-state index is 0.00796. The first-order valence-electron chi connectivity index (χ1n) is 10.0. The Kier molecular flexibility index (Phi) is 4.04. The number of hydrogen-bond acceptors (Lipinski definition) is 3. The second kappa shape index (κ2) is 5.88. The van der Waals surface area contributed by atoms with Gasteiger partial charge in [-0.05, 0) is 89.9 Å². The van der Waals surface area contributed by atoms with Crippen LogP contribution >= 0.6 is 0 Å². The van der Waals surface area contributed by atoms with Gasteiger partial charge in [0.05, 0.1) is 0 Å². The summed E-state index contributed by atoms with van der Waals surface area (Å²) < 4.78 is 5.50. The number of rotatable bonds is 2. The van der Waals surface area contributed by atoms with E-state index in [1.54, 1.807) is 4.90 Å². The van der Waals surface area contributed by atoms with Crippen LogP contribution in [0.2, 0.25) is 0 Å². The second-order valence-electron chi connectivity index (χ2n) is 10.0. The van der Waals surface area contributed by atoms with Crippen LogP contribution in [0.1, 0.15) is 72.1 Å². The molecule has 0 aromatic carbocycles. The summed E-state index contributed by atoms with van der Waals surface area (Å²) in [7, 11) is 0. The van der Waals surface area contributed by atoms with Crippen molar-refractivity contribution in [1.82, 2.24) is 10.2 Å². The smallest absolute Gasteiger partial charge is 0.410 e. The number of nitrogens with one attached hydrogen (secondary N) is 1. The van der Waals surface area contributed by atoms with E-state index in [-0.39, 0.29) is 23.6 Å². The van der Waals surface area contributed by atoms with Crippen molar-refractivity contribution in [3.05, 3.63) is 0 Å². The van der Waals surface area contributed by atoms with E-state index in [1.165, 1.54) is 19.3 Å². The summed E-state index contributed by atoms with van der Waals surface area (Å²) >= 11 is 0. The third kappa shape index (κ3) is 3.39. The average molecular weight is 348 g/mol. The van der Waals surface area contributed by atoms with Gasteiger partial charge >= 0.3 is 6.09 Å². The maximum absolute atomic E-state index is 13.0. The fourth-order valence-electron chi connectivity index (χ4n) is 6.19. The Morgan fingerprint density at radius 1 is 1.04 bits per heavy atom. The monoisotopic (exact) mass is 348 g/mol. The largest absolute Gasteiger partial charge is 0.444 e. The van der Waals surface area contributed by atoms with Crippen LogP contribution in [0.3, 0.4) is 0 Å². The lowest BCUT2D eigenvalue weighted by atomic mass is 9.53. The molecule has 1 heterocycles. The van der Waals surface area contributed by atoms with E-state index in [1.807, 2.05) is 20.8 Å². The summed E-state index contributed by atoms with van der Waals surface area (Å²) in [6.45, 7) is 6.22. The van der Waals surface area contributed by atoms with Crippen molar-refractivity contribution in [3.63, 3.8) is 0 Å². The molecule has 5 heteroatoms. The molecule has 2 amide bonds. The molecule has 1 saturated heterocycles. The Bertz CT molecular complexity index is 530. The van der Waals surface area contributed by atoms with Gasteiger partial charge in [-0.2, -0.15) is 0 Å². The molecule has 4 aliphatic carbocycles. The lowest BCUT2D eigenvalue weighted by Gasteiger charge is -2.57. The van der Waals surface area contributed by atoms with Gasteiger partial charge in [0.2, 0.25) is 5.91 Å². The van der Waals surface area contributed by atoms with Crippen LogP contribution < -0.4 is 5.32 Å². The van der Waals surface area contributed by atoms with Crippen molar-refractivity contribution in [2.45, 2.75) is 89.3 Å². The summed E-state index contributed by atoms with van der Waals surface area (Å²) in [6, 6.07) is -0.358. The van der Waals surface area contributed by atoms with Crippen molar-refractivity contribution < 1.29 is 14.3 Å². The van der Waals surface area contributed by atoms with Crippen molar-refractivity contribution in [3.8, 4) is 0 Å². The Morgan fingerprint density at radius 3 is 2.12 bits per heavy atom. The molecule has 0 radical (unpaired) electrons. The Labute approximate surface area is 150 Å². The van der Waals surface area contributed by atoms with Crippen LogP contribution in [-0.4, -0.2) is 40.6 Å². The zero-order valence-electron chi connectivity index (χ0n) is 15.8. The Hall–Kier alpha value is -1.26. The normalized spacial score (nSPS) is 39.6. The maximum Gasteiger partial charge on any atom is 0.410 e. The van der Waals surface area contributed by atoms with Gasteiger partial charge in [0.25, 0.3) is 0 Å². The van der Waals surface area contributed by atoms with Crippen LogP contribution in [0, 0.1) is 17.8 Å². The molecular formula is C20H32N2O3. The van der Waals surface area contributed by atoms with Gasteiger partial charge in [0, 0.05) is 12.1 Å². The van der Waals surface area contributed by atoms with E-state index >= 15 is 0 Å². The van der Waals surface area contributed by atoms with Gasteiger partial charge in [-0.3, -0.25) is 9.69 Å². The van der Waals surface area contributed by atoms with E-state index in [9.17, 15) is 9.59 Å². The van der Waals surface area contributed by atoms with Gasteiger partial charge in [0.15, 0.2) is 0 Å². The number of carbonyl (C=O) groups excluding carboxylic acids is 2. The first-order valence-corrected chi connectivity index (χ1v) is 10.0. The number of amides is 2. The molecular weight excluding hydrogens is 316 g/mol. The maximum atomic E-state index is 13.0. The molecule has 1 atom stereocenters. The minimum atomic E-state index is -0.527. The number of carbonyl (C=O) groups is 2. The average Bonchev–Trinajstić information content (AvgIpc) is 2.92. The minimum Gasteiger partial charge on any atom is -0.444 e. The van der Waals surface area contributed by atoms with E-state index in [0.29, 0.717) is 6.54 Å². The highest BCUT2D eigenvalue weighted by Crippen LogP contribution is 2.55. The van der Waals surface area contributed by atoms with Gasteiger partial charge in [-0.1, -0.05) is 0 Å². The fraction of sp³-hybridized carbons (Fsp3) is 0.900. The first-order chi connectivity index (χ1) is 11.7. The van der Waals surface area contributed by atoms with Crippen LogP contribution in [-0.2, 0) is 9.53 Å². The highest BCUT2D eigenvalue weighted by Gasteiger charge is 2.52.